The van der Waals surface area contributed by atoms with Crippen LogP contribution in [-0.2, 0) is 18.3 Å². The van der Waals surface area contributed by atoms with Crippen molar-refractivity contribution in [2.24, 2.45) is 13.0 Å². The fourth-order valence-corrected chi connectivity index (χ4v) is 3.20. The second kappa shape index (κ2) is 4.99. The van der Waals surface area contributed by atoms with Gasteiger partial charge < -0.3 is 14.4 Å². The number of aromatic nitrogens is 2. The predicted molar refractivity (Wildman–Crippen MR) is 67.0 cm³/mol. The third kappa shape index (κ3) is 2.18. The van der Waals surface area contributed by atoms with E-state index in [4.69, 9.17) is 4.74 Å². The molecule has 1 saturated heterocycles. The van der Waals surface area contributed by atoms with Gasteiger partial charge in [0, 0.05) is 38.6 Å². The van der Waals surface area contributed by atoms with E-state index in [9.17, 15) is 5.11 Å². The highest BCUT2D eigenvalue weighted by molar-refractivity contribution is 4.97. The smallest absolute Gasteiger partial charge is 0.122 e. The zero-order chi connectivity index (χ0) is 12.5. The van der Waals surface area contributed by atoms with Crippen molar-refractivity contribution in [1.29, 1.82) is 0 Å². The van der Waals surface area contributed by atoms with E-state index >= 15 is 0 Å². The summed E-state index contributed by atoms with van der Waals surface area (Å²) < 4.78 is 7.91. The molecule has 5 heteroatoms. The summed E-state index contributed by atoms with van der Waals surface area (Å²) in [6.07, 6.45) is 6.18. The van der Waals surface area contributed by atoms with Crippen molar-refractivity contribution in [1.82, 2.24) is 14.5 Å². The number of aliphatic hydroxyl groups is 1. The molecule has 0 amide bonds. The summed E-state index contributed by atoms with van der Waals surface area (Å²) in [5.74, 6) is 1.50. The van der Waals surface area contributed by atoms with E-state index in [2.05, 4.69) is 14.5 Å². The highest BCUT2D eigenvalue weighted by Gasteiger charge is 2.40. The molecular formula is C13H21N3O2. The molecule has 1 N–H and O–H groups in total. The number of hydrogen-bond donors (Lipinski definition) is 1. The van der Waals surface area contributed by atoms with E-state index in [0.717, 1.165) is 38.4 Å². The van der Waals surface area contributed by atoms with Crippen LogP contribution >= 0.6 is 0 Å². The molecule has 2 aliphatic rings. The SMILES string of the molecule is Cn1ccnc1CN1CCO[C@H]2C[C@H](CO)C[C@@H]21. The lowest BCUT2D eigenvalue weighted by Gasteiger charge is -2.37. The first-order valence-corrected chi connectivity index (χ1v) is 6.70. The Balaban J connectivity index is 1.70. The van der Waals surface area contributed by atoms with E-state index in [1.165, 1.54) is 0 Å². The number of fused-ring (bicyclic) bond motifs is 1. The minimum atomic E-state index is 0.284. The van der Waals surface area contributed by atoms with Crippen LogP contribution < -0.4 is 0 Å². The van der Waals surface area contributed by atoms with E-state index in [1.807, 2.05) is 19.4 Å². The molecule has 1 aromatic rings. The number of aliphatic hydroxyl groups excluding tert-OH is 1. The van der Waals surface area contributed by atoms with Crippen LogP contribution in [0.1, 0.15) is 18.7 Å². The third-order valence-corrected chi connectivity index (χ3v) is 4.27. The van der Waals surface area contributed by atoms with Crippen LogP contribution in [0.3, 0.4) is 0 Å². The number of hydrogen-bond acceptors (Lipinski definition) is 4. The highest BCUT2D eigenvalue weighted by atomic mass is 16.5. The van der Waals surface area contributed by atoms with E-state index in [-0.39, 0.29) is 6.61 Å². The second-order valence-electron chi connectivity index (χ2n) is 5.42. The zero-order valence-corrected chi connectivity index (χ0v) is 10.8. The van der Waals surface area contributed by atoms with Crippen molar-refractivity contribution in [3.63, 3.8) is 0 Å². The summed E-state index contributed by atoms with van der Waals surface area (Å²) in [6.45, 7) is 2.93. The number of nitrogens with zero attached hydrogens (tertiary/aromatic N) is 3. The minimum absolute atomic E-state index is 0.284. The first-order chi connectivity index (χ1) is 8.78. The Morgan fingerprint density at radius 1 is 1.50 bits per heavy atom. The molecule has 2 heterocycles. The molecule has 0 unspecified atom stereocenters. The predicted octanol–water partition coefficient (Wildman–Crippen LogP) is 0.392. The van der Waals surface area contributed by atoms with Crippen LogP contribution in [0, 0.1) is 5.92 Å². The molecule has 0 radical (unpaired) electrons. The molecule has 1 saturated carbocycles. The minimum Gasteiger partial charge on any atom is -0.396 e. The topological polar surface area (TPSA) is 50.5 Å². The Bertz CT molecular complexity index is 407. The molecule has 5 nitrogen and oxygen atoms in total. The maximum Gasteiger partial charge on any atom is 0.122 e. The van der Waals surface area contributed by atoms with Gasteiger partial charge in [0.1, 0.15) is 5.82 Å². The fraction of sp³-hybridized carbons (Fsp3) is 0.769. The molecule has 0 spiro atoms. The summed E-state index contributed by atoms with van der Waals surface area (Å²) in [6, 6.07) is 0.451. The van der Waals surface area contributed by atoms with Crippen LogP contribution in [-0.4, -0.2) is 51.5 Å². The molecule has 3 atom stereocenters. The molecule has 3 rings (SSSR count). The van der Waals surface area contributed by atoms with Crippen molar-refractivity contribution in [3.05, 3.63) is 18.2 Å². The van der Waals surface area contributed by atoms with Crippen molar-refractivity contribution < 1.29 is 9.84 Å². The van der Waals surface area contributed by atoms with Gasteiger partial charge in [-0.3, -0.25) is 4.90 Å². The standard InChI is InChI=1S/C13H21N3O2/c1-15-3-2-14-13(15)8-16-4-5-18-12-7-10(9-17)6-11(12)16/h2-3,10-12,17H,4-9H2,1H3/t10-,11+,12+/m1/s1. The maximum absolute atomic E-state index is 9.31. The Morgan fingerprint density at radius 2 is 2.39 bits per heavy atom. The number of morpholine rings is 1. The lowest BCUT2D eigenvalue weighted by Crippen LogP contribution is -2.48. The summed E-state index contributed by atoms with van der Waals surface area (Å²) in [5, 5.41) is 9.31. The molecule has 2 fully saturated rings. The van der Waals surface area contributed by atoms with Gasteiger partial charge in [-0.15, -0.1) is 0 Å². The van der Waals surface area contributed by atoms with Gasteiger partial charge in [-0.1, -0.05) is 0 Å². The van der Waals surface area contributed by atoms with Crippen molar-refractivity contribution in [2.75, 3.05) is 19.8 Å². The summed E-state index contributed by atoms with van der Waals surface area (Å²) >= 11 is 0. The number of rotatable bonds is 3. The molecule has 100 valence electrons. The maximum atomic E-state index is 9.31. The van der Waals surface area contributed by atoms with Crippen LogP contribution in [0.15, 0.2) is 12.4 Å². The van der Waals surface area contributed by atoms with Gasteiger partial charge in [0.05, 0.1) is 19.3 Å². The molecule has 18 heavy (non-hydrogen) atoms. The molecular weight excluding hydrogens is 230 g/mol. The zero-order valence-electron chi connectivity index (χ0n) is 10.8. The van der Waals surface area contributed by atoms with E-state index in [0.29, 0.717) is 18.1 Å². The first kappa shape index (κ1) is 12.1. The average Bonchev–Trinajstić information content (AvgIpc) is 2.96. The van der Waals surface area contributed by atoms with Gasteiger partial charge >= 0.3 is 0 Å². The quantitative estimate of drug-likeness (QED) is 0.844. The Morgan fingerprint density at radius 3 is 3.11 bits per heavy atom. The highest BCUT2D eigenvalue weighted by Crippen LogP contribution is 2.34. The number of imidazole rings is 1. The van der Waals surface area contributed by atoms with Gasteiger partial charge in [0.15, 0.2) is 0 Å². The molecule has 1 aliphatic heterocycles. The Labute approximate surface area is 107 Å². The van der Waals surface area contributed by atoms with E-state index in [1.54, 1.807) is 0 Å². The Hall–Kier alpha value is -0.910. The largest absolute Gasteiger partial charge is 0.396 e. The van der Waals surface area contributed by atoms with Crippen LogP contribution in [0.2, 0.25) is 0 Å². The molecule has 1 aromatic heterocycles. The normalized spacial score (nSPS) is 32.7. The fourth-order valence-electron chi connectivity index (χ4n) is 3.20. The summed E-state index contributed by atoms with van der Waals surface area (Å²) in [4.78, 5) is 6.86. The number of ether oxygens (including phenoxy) is 1. The lowest BCUT2D eigenvalue weighted by molar-refractivity contribution is -0.0600. The van der Waals surface area contributed by atoms with E-state index < -0.39 is 0 Å². The van der Waals surface area contributed by atoms with Crippen molar-refractivity contribution >= 4 is 0 Å². The van der Waals surface area contributed by atoms with Gasteiger partial charge in [0.25, 0.3) is 0 Å². The van der Waals surface area contributed by atoms with Gasteiger partial charge in [0.2, 0.25) is 0 Å². The monoisotopic (exact) mass is 251 g/mol. The lowest BCUT2D eigenvalue weighted by atomic mass is 10.1. The summed E-state index contributed by atoms with van der Waals surface area (Å²) in [7, 11) is 2.03. The van der Waals surface area contributed by atoms with Crippen molar-refractivity contribution in [2.45, 2.75) is 31.5 Å². The first-order valence-electron chi connectivity index (χ1n) is 6.70. The summed E-state index contributed by atoms with van der Waals surface area (Å²) in [5.41, 5.74) is 0. The molecule has 1 aliphatic carbocycles. The molecule has 0 aromatic carbocycles. The van der Waals surface area contributed by atoms with Gasteiger partial charge in [-0.05, 0) is 18.8 Å². The second-order valence-corrected chi connectivity index (χ2v) is 5.42. The average molecular weight is 251 g/mol. The van der Waals surface area contributed by atoms with Crippen LogP contribution in [0.25, 0.3) is 0 Å². The van der Waals surface area contributed by atoms with Crippen LogP contribution in [0.5, 0.6) is 0 Å². The van der Waals surface area contributed by atoms with Gasteiger partial charge in [-0.2, -0.15) is 0 Å². The van der Waals surface area contributed by atoms with Crippen LogP contribution in [0.4, 0.5) is 0 Å². The van der Waals surface area contributed by atoms with Crippen molar-refractivity contribution in [3.8, 4) is 0 Å². The number of aryl methyl sites for hydroxylation is 1. The molecule has 0 bridgehead atoms. The third-order valence-electron chi connectivity index (χ3n) is 4.27. The van der Waals surface area contributed by atoms with Gasteiger partial charge in [-0.25, -0.2) is 4.98 Å². The Kier molecular flexibility index (Phi) is 3.37.